The highest BCUT2D eigenvalue weighted by Gasteiger charge is 2.12. The molecule has 0 aromatic heterocycles. The molecule has 0 heterocycles. The zero-order chi connectivity index (χ0) is 14.2. The highest BCUT2D eigenvalue weighted by atomic mass is 16.5. The molecule has 1 nitrogen and oxygen atoms in total. The molecular weight excluding hydrogens is 244 g/mol. The molecule has 2 aromatic carbocycles. The summed E-state index contributed by atoms with van der Waals surface area (Å²) in [6.07, 6.45) is 6.11. The average Bonchev–Trinajstić information content (AvgIpc) is 2.48. The van der Waals surface area contributed by atoms with Gasteiger partial charge in [0.2, 0.25) is 0 Å². The molecule has 0 aliphatic heterocycles. The molecule has 0 aliphatic rings. The zero-order valence-electron chi connectivity index (χ0n) is 11.8. The minimum Gasteiger partial charge on any atom is -0.493 e. The molecule has 0 saturated carbocycles. The monoisotopic (exact) mass is 264 g/mol. The number of allylic oxidation sites excluding steroid dienone is 2. The summed E-state index contributed by atoms with van der Waals surface area (Å²) in [6.45, 7) is 5.75. The molecule has 0 radical (unpaired) electrons. The highest BCUT2D eigenvalue weighted by molar-refractivity contribution is 5.26. The summed E-state index contributed by atoms with van der Waals surface area (Å²) in [5.74, 6) is 0. The first-order chi connectivity index (χ1) is 9.79. The molecule has 2 aromatic rings. The summed E-state index contributed by atoms with van der Waals surface area (Å²) in [7, 11) is 0. The summed E-state index contributed by atoms with van der Waals surface area (Å²) >= 11 is 0. The van der Waals surface area contributed by atoms with Crippen molar-refractivity contribution in [2.24, 2.45) is 0 Å². The van der Waals surface area contributed by atoms with E-state index in [2.05, 4.69) is 62.0 Å². The lowest BCUT2D eigenvalue weighted by Crippen LogP contribution is -2.04. The highest BCUT2D eigenvalue weighted by Crippen LogP contribution is 2.23. The topological polar surface area (TPSA) is 9.23 Å². The summed E-state index contributed by atoms with van der Waals surface area (Å²) in [5.41, 5.74) is 3.71. The standard InChI is InChI=1S/C19H20O/c1-3-4-14-20-19(15-17-8-6-5-7-9-17)18-12-10-16(2)11-13-18/h3-14,19H,1,15H2,2H3. The lowest BCUT2D eigenvalue weighted by Gasteiger charge is -2.17. The number of benzene rings is 2. The van der Waals surface area contributed by atoms with Crippen LogP contribution < -0.4 is 0 Å². The predicted octanol–water partition coefficient (Wildman–Crippen LogP) is 5.00. The molecule has 0 spiro atoms. The van der Waals surface area contributed by atoms with Gasteiger partial charge in [-0.2, -0.15) is 0 Å². The maximum absolute atomic E-state index is 5.86. The van der Waals surface area contributed by atoms with Crippen LogP contribution >= 0.6 is 0 Å². The minimum atomic E-state index is 0.0224. The lowest BCUT2D eigenvalue weighted by atomic mass is 10.0. The van der Waals surface area contributed by atoms with Crippen LogP contribution in [0.1, 0.15) is 22.8 Å². The molecule has 0 bridgehead atoms. The first-order valence-corrected chi connectivity index (χ1v) is 6.83. The van der Waals surface area contributed by atoms with Gasteiger partial charge in [0.1, 0.15) is 6.10 Å². The molecular formula is C19H20O. The third-order valence-corrected chi connectivity index (χ3v) is 3.17. The third kappa shape index (κ3) is 4.13. The van der Waals surface area contributed by atoms with Gasteiger partial charge in [0.25, 0.3) is 0 Å². The zero-order valence-corrected chi connectivity index (χ0v) is 11.8. The molecule has 0 amide bonds. The van der Waals surface area contributed by atoms with Gasteiger partial charge in [-0.1, -0.05) is 72.8 Å². The first-order valence-electron chi connectivity index (χ1n) is 6.83. The molecule has 2 rings (SSSR count). The maximum atomic E-state index is 5.86. The van der Waals surface area contributed by atoms with Crippen LogP contribution in [0.4, 0.5) is 0 Å². The van der Waals surface area contributed by atoms with Gasteiger partial charge in [0.05, 0.1) is 6.26 Å². The Morgan fingerprint density at radius 1 is 1.05 bits per heavy atom. The SMILES string of the molecule is C=CC=COC(Cc1ccccc1)c1ccc(C)cc1. The number of hydrogen-bond donors (Lipinski definition) is 0. The molecule has 1 heteroatoms. The van der Waals surface area contributed by atoms with Gasteiger partial charge in [-0.3, -0.25) is 0 Å². The van der Waals surface area contributed by atoms with E-state index in [-0.39, 0.29) is 6.10 Å². The van der Waals surface area contributed by atoms with Crippen LogP contribution in [-0.2, 0) is 11.2 Å². The van der Waals surface area contributed by atoms with Crippen LogP contribution in [0, 0.1) is 6.92 Å². The largest absolute Gasteiger partial charge is 0.493 e. The van der Waals surface area contributed by atoms with Crippen molar-refractivity contribution in [1.82, 2.24) is 0 Å². The Morgan fingerprint density at radius 3 is 2.40 bits per heavy atom. The Morgan fingerprint density at radius 2 is 1.75 bits per heavy atom. The van der Waals surface area contributed by atoms with Crippen LogP contribution in [0.15, 0.2) is 79.6 Å². The Labute approximate surface area is 121 Å². The quantitative estimate of drug-likeness (QED) is 0.527. The number of ether oxygens (including phenoxy) is 1. The minimum absolute atomic E-state index is 0.0224. The molecule has 0 N–H and O–H groups in total. The second-order valence-electron chi connectivity index (χ2n) is 4.79. The van der Waals surface area contributed by atoms with Crippen LogP contribution in [0.25, 0.3) is 0 Å². The van der Waals surface area contributed by atoms with Gasteiger partial charge in [0.15, 0.2) is 0 Å². The first kappa shape index (κ1) is 14.1. The molecule has 1 atom stereocenters. The van der Waals surface area contributed by atoms with E-state index in [0.717, 1.165) is 6.42 Å². The van der Waals surface area contributed by atoms with Gasteiger partial charge in [-0.25, -0.2) is 0 Å². The van der Waals surface area contributed by atoms with Gasteiger partial charge in [-0.05, 0) is 24.1 Å². The van der Waals surface area contributed by atoms with Crippen molar-refractivity contribution >= 4 is 0 Å². The fraction of sp³-hybridized carbons (Fsp3) is 0.158. The fourth-order valence-electron chi connectivity index (χ4n) is 2.05. The predicted molar refractivity (Wildman–Crippen MR) is 84.5 cm³/mol. The molecule has 20 heavy (non-hydrogen) atoms. The van der Waals surface area contributed by atoms with E-state index in [1.807, 2.05) is 12.1 Å². The van der Waals surface area contributed by atoms with E-state index in [1.165, 1.54) is 16.7 Å². The number of aryl methyl sites for hydroxylation is 1. The lowest BCUT2D eigenvalue weighted by molar-refractivity contribution is 0.146. The van der Waals surface area contributed by atoms with E-state index < -0.39 is 0 Å². The van der Waals surface area contributed by atoms with E-state index in [4.69, 9.17) is 4.74 Å². The Bertz CT molecular complexity index is 552. The van der Waals surface area contributed by atoms with Gasteiger partial charge < -0.3 is 4.74 Å². The molecule has 102 valence electrons. The Hall–Kier alpha value is -2.28. The summed E-state index contributed by atoms with van der Waals surface area (Å²) < 4.78 is 5.86. The second kappa shape index (κ2) is 7.34. The van der Waals surface area contributed by atoms with Crippen molar-refractivity contribution in [3.05, 3.63) is 96.3 Å². The van der Waals surface area contributed by atoms with E-state index in [1.54, 1.807) is 12.3 Å². The maximum Gasteiger partial charge on any atom is 0.127 e. The van der Waals surface area contributed by atoms with Gasteiger partial charge in [0, 0.05) is 6.42 Å². The molecule has 1 unspecified atom stereocenters. The smallest absolute Gasteiger partial charge is 0.127 e. The van der Waals surface area contributed by atoms with E-state index >= 15 is 0 Å². The van der Waals surface area contributed by atoms with Crippen LogP contribution in [0.5, 0.6) is 0 Å². The average molecular weight is 264 g/mol. The van der Waals surface area contributed by atoms with Crippen molar-refractivity contribution in [2.45, 2.75) is 19.4 Å². The fourth-order valence-corrected chi connectivity index (χ4v) is 2.05. The third-order valence-electron chi connectivity index (χ3n) is 3.17. The van der Waals surface area contributed by atoms with Crippen molar-refractivity contribution in [1.29, 1.82) is 0 Å². The van der Waals surface area contributed by atoms with E-state index in [9.17, 15) is 0 Å². The Kier molecular flexibility index (Phi) is 5.19. The van der Waals surface area contributed by atoms with Crippen molar-refractivity contribution < 1.29 is 4.74 Å². The summed E-state index contributed by atoms with van der Waals surface area (Å²) in [5, 5.41) is 0. The van der Waals surface area contributed by atoms with Crippen LogP contribution in [-0.4, -0.2) is 0 Å². The second-order valence-corrected chi connectivity index (χ2v) is 4.79. The van der Waals surface area contributed by atoms with Crippen molar-refractivity contribution in [2.75, 3.05) is 0 Å². The van der Waals surface area contributed by atoms with Crippen molar-refractivity contribution in [3.63, 3.8) is 0 Å². The molecule has 0 fully saturated rings. The van der Waals surface area contributed by atoms with Gasteiger partial charge in [-0.15, -0.1) is 0 Å². The Balaban J connectivity index is 2.17. The normalized spacial score (nSPS) is 12.2. The molecule has 0 saturated heterocycles. The van der Waals surface area contributed by atoms with Crippen molar-refractivity contribution in [3.8, 4) is 0 Å². The molecule has 0 aliphatic carbocycles. The summed E-state index contributed by atoms with van der Waals surface area (Å²) in [4.78, 5) is 0. The number of hydrogen-bond acceptors (Lipinski definition) is 1. The van der Waals surface area contributed by atoms with Gasteiger partial charge >= 0.3 is 0 Å². The summed E-state index contributed by atoms with van der Waals surface area (Å²) in [6, 6.07) is 18.9. The van der Waals surface area contributed by atoms with Crippen LogP contribution in [0.2, 0.25) is 0 Å². The van der Waals surface area contributed by atoms with E-state index in [0.29, 0.717) is 0 Å². The number of rotatable bonds is 6. The van der Waals surface area contributed by atoms with Crippen LogP contribution in [0.3, 0.4) is 0 Å².